The van der Waals surface area contributed by atoms with Gasteiger partial charge in [0, 0.05) is 18.8 Å². The molecule has 2 N–H and O–H groups in total. The number of nitrogens with zero attached hydrogens (tertiary/aromatic N) is 2. The average Bonchev–Trinajstić information content (AvgIpc) is 3.28. The maximum absolute atomic E-state index is 14.1. The molecule has 0 aliphatic carbocycles. The van der Waals surface area contributed by atoms with E-state index in [1.54, 1.807) is 27.0 Å². The van der Waals surface area contributed by atoms with E-state index in [4.69, 9.17) is 24.7 Å². The van der Waals surface area contributed by atoms with Gasteiger partial charge in [-0.3, -0.25) is 14.2 Å². The molecule has 12 heteroatoms. The van der Waals surface area contributed by atoms with Gasteiger partial charge in [0.1, 0.15) is 27.1 Å². The number of aryl methyl sites for hydroxylation is 1. The van der Waals surface area contributed by atoms with Crippen LogP contribution in [0.1, 0.15) is 60.5 Å². The Balaban J connectivity index is 1.99. The van der Waals surface area contributed by atoms with Crippen LogP contribution in [0, 0.1) is 6.92 Å². The first-order chi connectivity index (χ1) is 19.0. The van der Waals surface area contributed by atoms with E-state index in [1.165, 1.54) is 18.4 Å². The van der Waals surface area contributed by atoms with Crippen molar-refractivity contribution in [1.29, 1.82) is 0 Å². The molecule has 3 heterocycles. The zero-order chi connectivity index (χ0) is 29.2. The first-order valence-electron chi connectivity index (χ1n) is 13.1. The van der Waals surface area contributed by atoms with E-state index >= 15 is 0 Å². The fourth-order valence-electron chi connectivity index (χ4n) is 4.86. The van der Waals surface area contributed by atoms with Crippen LogP contribution in [0.4, 0.5) is 0 Å². The van der Waals surface area contributed by atoms with Crippen LogP contribution in [0.5, 0.6) is 5.75 Å². The highest BCUT2D eigenvalue weighted by molar-refractivity contribution is 7.20. The molecule has 3 aromatic rings. The Morgan fingerprint density at radius 3 is 2.50 bits per heavy atom. The van der Waals surface area contributed by atoms with Gasteiger partial charge < -0.3 is 24.7 Å². The van der Waals surface area contributed by atoms with Gasteiger partial charge in [-0.15, -0.1) is 11.3 Å². The lowest BCUT2D eigenvalue weighted by atomic mass is 10.0. The lowest BCUT2D eigenvalue weighted by Crippen LogP contribution is -2.54. The number of fused-ring (bicyclic) bond motifs is 1. The van der Waals surface area contributed by atoms with Gasteiger partial charge in [-0.1, -0.05) is 18.2 Å². The first kappa shape index (κ1) is 29.5. The Labute approximate surface area is 235 Å². The predicted molar refractivity (Wildman–Crippen MR) is 150 cm³/mol. The lowest BCUT2D eigenvalue weighted by Gasteiger charge is -2.30. The molecule has 1 aliphatic rings. The molecule has 0 spiro atoms. The Kier molecular flexibility index (Phi) is 8.81. The summed E-state index contributed by atoms with van der Waals surface area (Å²) in [4.78, 5) is 53.6. The minimum Gasteiger partial charge on any atom is -0.496 e. The Morgan fingerprint density at radius 2 is 1.88 bits per heavy atom. The number of nitrogens with two attached hydrogens (primary N) is 1. The van der Waals surface area contributed by atoms with Crippen LogP contribution in [0.3, 0.4) is 0 Å². The summed E-state index contributed by atoms with van der Waals surface area (Å²) >= 11 is 1.000. The molecule has 2 aromatic heterocycles. The number of thiophene rings is 1. The smallest absolute Gasteiger partial charge is 0.348 e. The van der Waals surface area contributed by atoms with E-state index in [9.17, 15) is 19.2 Å². The third-order valence-electron chi connectivity index (χ3n) is 7.19. The molecule has 0 unspecified atom stereocenters. The van der Waals surface area contributed by atoms with Crippen molar-refractivity contribution in [3.05, 3.63) is 61.1 Å². The zero-order valence-electron chi connectivity index (χ0n) is 23.4. The van der Waals surface area contributed by atoms with Crippen LogP contribution in [0.25, 0.3) is 10.2 Å². The largest absolute Gasteiger partial charge is 0.496 e. The molecule has 11 nitrogen and oxygen atoms in total. The van der Waals surface area contributed by atoms with Crippen LogP contribution in [-0.2, 0) is 31.1 Å². The molecule has 0 radical (unpaired) electrons. The van der Waals surface area contributed by atoms with Gasteiger partial charge in [0.05, 0.1) is 31.8 Å². The summed E-state index contributed by atoms with van der Waals surface area (Å²) in [6.07, 6.45) is 0.545. The van der Waals surface area contributed by atoms with Gasteiger partial charge in [0.2, 0.25) is 5.91 Å². The van der Waals surface area contributed by atoms with Crippen molar-refractivity contribution in [3.8, 4) is 5.75 Å². The normalized spacial score (nSPS) is 15.2. The summed E-state index contributed by atoms with van der Waals surface area (Å²) in [6.45, 7) is 7.37. The van der Waals surface area contributed by atoms with Gasteiger partial charge >= 0.3 is 11.7 Å². The fraction of sp³-hybridized carbons (Fsp3) is 0.500. The highest BCUT2D eigenvalue weighted by Gasteiger charge is 2.35. The van der Waals surface area contributed by atoms with Crippen LogP contribution in [0.2, 0.25) is 0 Å². The summed E-state index contributed by atoms with van der Waals surface area (Å²) in [5, 5.41) is 0.145. The number of carbonyl (C=O) groups excluding carboxylic acids is 2. The number of benzene rings is 1. The Hall–Kier alpha value is -3.48. The van der Waals surface area contributed by atoms with Gasteiger partial charge in [-0.25, -0.2) is 14.2 Å². The minimum absolute atomic E-state index is 0.0234. The second-order valence-corrected chi connectivity index (χ2v) is 11.1. The summed E-state index contributed by atoms with van der Waals surface area (Å²) in [5.41, 5.74) is 3.63. The number of para-hydroxylation sites is 1. The highest BCUT2D eigenvalue weighted by atomic mass is 32.1. The molecular formula is C28H35N3O8S. The number of primary amides is 1. The molecule has 1 amide bonds. The quantitative estimate of drug-likeness (QED) is 0.365. The number of esters is 1. The van der Waals surface area contributed by atoms with Crippen molar-refractivity contribution >= 4 is 33.4 Å². The molecule has 40 heavy (non-hydrogen) atoms. The standard InChI is InChI=1S/C28H35N3O8S/c1-6-38-25(33)22-16(2)21-23(32)31(28(3,4)26(29)34)27(35)30(24(21)40-22)15-20(39-17-11-13-37-14-12-17)18-9-7-8-10-19(18)36-5/h7-10,17,20H,6,11-15H2,1-5H3,(H2,29,34)/t20-/m0/s1. The molecule has 1 saturated heterocycles. The van der Waals surface area contributed by atoms with E-state index in [-0.39, 0.29) is 34.3 Å². The van der Waals surface area contributed by atoms with Crippen molar-refractivity contribution in [1.82, 2.24) is 9.13 Å². The summed E-state index contributed by atoms with van der Waals surface area (Å²) in [7, 11) is 1.55. The average molecular weight is 574 g/mol. The van der Waals surface area contributed by atoms with E-state index in [0.717, 1.165) is 15.9 Å². The number of hydrogen-bond donors (Lipinski definition) is 1. The topological polar surface area (TPSA) is 141 Å². The monoisotopic (exact) mass is 573 g/mol. The van der Waals surface area contributed by atoms with Crippen LogP contribution in [0.15, 0.2) is 33.9 Å². The summed E-state index contributed by atoms with van der Waals surface area (Å²) < 4.78 is 25.1. The second-order valence-electron chi connectivity index (χ2n) is 10.1. The summed E-state index contributed by atoms with van der Waals surface area (Å²) in [5.74, 6) is -0.875. The molecule has 1 aliphatic heterocycles. The van der Waals surface area contributed by atoms with E-state index in [1.807, 2.05) is 18.2 Å². The molecule has 1 aromatic carbocycles. The SMILES string of the molecule is CCOC(=O)c1sc2c(c1C)c(=O)n(C(C)(C)C(N)=O)c(=O)n2C[C@H](OC1CCOCC1)c1ccccc1OC. The molecule has 1 fully saturated rings. The Bertz CT molecular complexity index is 1530. The highest BCUT2D eigenvalue weighted by Crippen LogP contribution is 2.34. The van der Waals surface area contributed by atoms with Gasteiger partial charge in [-0.2, -0.15) is 0 Å². The molecular weight excluding hydrogens is 538 g/mol. The van der Waals surface area contributed by atoms with Gasteiger partial charge in [0.25, 0.3) is 5.56 Å². The lowest BCUT2D eigenvalue weighted by molar-refractivity contribution is -0.125. The maximum Gasteiger partial charge on any atom is 0.348 e. The number of methoxy groups -OCH3 is 1. The number of aromatic nitrogens is 2. The molecule has 4 rings (SSSR count). The van der Waals surface area contributed by atoms with E-state index in [2.05, 4.69) is 0 Å². The molecule has 0 bridgehead atoms. The number of ether oxygens (including phenoxy) is 4. The second kappa shape index (κ2) is 11.9. The van der Waals surface area contributed by atoms with Crippen LogP contribution >= 0.6 is 11.3 Å². The minimum atomic E-state index is -1.65. The maximum atomic E-state index is 14.1. The van der Waals surface area contributed by atoms with Crippen molar-refractivity contribution in [2.24, 2.45) is 5.73 Å². The van der Waals surface area contributed by atoms with E-state index in [0.29, 0.717) is 42.9 Å². The summed E-state index contributed by atoms with van der Waals surface area (Å²) in [6, 6.07) is 7.35. The zero-order valence-corrected chi connectivity index (χ0v) is 24.2. The number of rotatable bonds is 10. The van der Waals surface area contributed by atoms with Gasteiger partial charge in [0.15, 0.2) is 0 Å². The molecule has 1 atom stereocenters. The Morgan fingerprint density at radius 1 is 1.20 bits per heavy atom. The van der Waals surface area contributed by atoms with Crippen LogP contribution < -0.4 is 21.7 Å². The number of carbonyl (C=O) groups is 2. The van der Waals surface area contributed by atoms with Crippen molar-refractivity contribution in [3.63, 3.8) is 0 Å². The van der Waals surface area contributed by atoms with Crippen LogP contribution in [-0.4, -0.2) is 54.0 Å². The van der Waals surface area contributed by atoms with E-state index < -0.39 is 34.8 Å². The molecule has 216 valence electrons. The van der Waals surface area contributed by atoms with Crippen molar-refractivity contribution in [2.45, 2.75) is 64.8 Å². The fourth-order valence-corrected chi connectivity index (χ4v) is 6.06. The van der Waals surface area contributed by atoms with Gasteiger partial charge in [-0.05, 0) is 52.2 Å². The third kappa shape index (κ3) is 5.43. The number of hydrogen-bond acceptors (Lipinski definition) is 9. The number of amides is 1. The first-order valence-corrected chi connectivity index (χ1v) is 14.0. The van der Waals surface area contributed by atoms with Crippen molar-refractivity contribution in [2.75, 3.05) is 26.9 Å². The predicted octanol–water partition coefficient (Wildman–Crippen LogP) is 2.88. The third-order valence-corrected chi connectivity index (χ3v) is 8.49. The van der Waals surface area contributed by atoms with Crippen molar-refractivity contribution < 1.29 is 28.5 Å². The molecule has 0 saturated carbocycles.